The number of likely N-dealkylation sites (N-methyl/N-ethyl adjacent to an activating group) is 1. The average molecular weight is 522 g/mol. The van der Waals surface area contributed by atoms with Gasteiger partial charge in [0.15, 0.2) is 29.8 Å². The molecule has 0 spiro atoms. The van der Waals surface area contributed by atoms with E-state index in [0.717, 1.165) is 35.1 Å². The summed E-state index contributed by atoms with van der Waals surface area (Å²) in [5.41, 5.74) is 5.78. The third-order valence-electron chi connectivity index (χ3n) is 8.98. The van der Waals surface area contributed by atoms with Crippen LogP contribution in [0.2, 0.25) is 0 Å². The molecular weight excluding hydrogens is 486 g/mol. The van der Waals surface area contributed by atoms with Gasteiger partial charge in [-0.1, -0.05) is 13.0 Å². The Labute approximate surface area is 223 Å². The highest BCUT2D eigenvalue weighted by Gasteiger charge is 2.56. The summed E-state index contributed by atoms with van der Waals surface area (Å²) >= 11 is 0. The molecular formula is C29H35N3O6. The van der Waals surface area contributed by atoms with Crippen molar-refractivity contribution in [3.05, 3.63) is 39.4 Å². The summed E-state index contributed by atoms with van der Waals surface area (Å²) in [4.78, 5) is 4.71. The van der Waals surface area contributed by atoms with E-state index in [4.69, 9.17) is 23.7 Å². The first-order valence-corrected chi connectivity index (χ1v) is 13.2. The Hall–Kier alpha value is -3.19. The first-order chi connectivity index (χ1) is 18.4. The summed E-state index contributed by atoms with van der Waals surface area (Å²) in [5, 5.41) is 22.0. The van der Waals surface area contributed by atoms with Crippen LogP contribution in [0.15, 0.2) is 6.07 Å². The number of phenols is 1. The quantitative estimate of drug-likeness (QED) is 0.588. The molecule has 202 valence electrons. The summed E-state index contributed by atoms with van der Waals surface area (Å²) in [7, 11) is 5.37. The van der Waals surface area contributed by atoms with Crippen molar-refractivity contribution in [1.82, 2.24) is 9.80 Å². The van der Waals surface area contributed by atoms with Crippen LogP contribution in [-0.4, -0.2) is 67.9 Å². The largest absolute Gasteiger partial charge is 0.507 e. The van der Waals surface area contributed by atoms with Crippen LogP contribution in [0.3, 0.4) is 0 Å². The number of fused-ring (bicyclic) bond motifs is 9. The van der Waals surface area contributed by atoms with Crippen molar-refractivity contribution >= 4 is 0 Å². The first-order valence-electron chi connectivity index (χ1n) is 13.2. The number of rotatable bonds is 5. The Morgan fingerprint density at radius 3 is 2.55 bits per heavy atom. The molecule has 6 rings (SSSR count). The highest BCUT2D eigenvalue weighted by atomic mass is 16.7. The molecule has 1 fully saturated rings. The maximum atomic E-state index is 11.4. The lowest BCUT2D eigenvalue weighted by molar-refractivity contribution is -0.0745. The Bertz CT molecular complexity index is 1340. The van der Waals surface area contributed by atoms with E-state index in [1.807, 2.05) is 13.8 Å². The summed E-state index contributed by atoms with van der Waals surface area (Å²) in [6.45, 7) is 6.26. The summed E-state index contributed by atoms with van der Waals surface area (Å²) in [5.74, 6) is 2.98. The van der Waals surface area contributed by atoms with Crippen LogP contribution in [-0.2, 0) is 17.6 Å². The molecule has 4 heterocycles. The van der Waals surface area contributed by atoms with Crippen molar-refractivity contribution in [2.75, 3.05) is 34.9 Å². The standard InChI is InChI=1S/C29H35N3O6/c1-7-18-23-17(25(33)15(3)27-29(23)38-13-37-27)10-20-24-22-16(9-19(31(24)4)21(11-30)32(18)20)8-14(2)26(35-6)28(22)36-12-34-5/h8,18-21,24,33H,7,9-10,12-13H2,1-6H3/t18-,19+,20?,21-,24+/m0/s1. The predicted molar refractivity (Wildman–Crippen MR) is 139 cm³/mol. The second-order valence-electron chi connectivity index (χ2n) is 10.7. The van der Waals surface area contributed by atoms with Crippen molar-refractivity contribution in [2.45, 2.75) is 70.2 Å². The molecule has 9 heteroatoms. The van der Waals surface area contributed by atoms with Gasteiger partial charge in [-0.25, -0.2) is 0 Å². The zero-order valence-corrected chi connectivity index (χ0v) is 22.8. The number of phenolic OH excluding ortho intramolecular Hbond substituents is 1. The molecule has 38 heavy (non-hydrogen) atoms. The minimum Gasteiger partial charge on any atom is -0.507 e. The van der Waals surface area contributed by atoms with Crippen molar-refractivity contribution in [2.24, 2.45) is 0 Å². The van der Waals surface area contributed by atoms with E-state index < -0.39 is 0 Å². The predicted octanol–water partition coefficient (Wildman–Crippen LogP) is 3.91. The molecule has 9 nitrogen and oxygen atoms in total. The molecule has 0 radical (unpaired) electrons. The van der Waals surface area contributed by atoms with Gasteiger partial charge in [-0.2, -0.15) is 5.26 Å². The molecule has 0 aromatic heterocycles. The SMILES string of the molecule is CC[C@H]1c2c(c(O)c(C)c3c2OCO3)CC2[C@@H]3c4c(cc(C)c(OC)c4OCOC)C[C@H]([C@H](C#N)N21)N3C. The number of methoxy groups -OCH3 is 2. The van der Waals surface area contributed by atoms with Crippen LogP contribution in [0.4, 0.5) is 0 Å². The van der Waals surface area contributed by atoms with Crippen molar-refractivity contribution in [3.8, 4) is 34.8 Å². The molecule has 1 unspecified atom stereocenters. The molecule has 2 bridgehead atoms. The number of aromatic hydroxyl groups is 1. The molecule has 1 N–H and O–H groups in total. The Morgan fingerprint density at radius 2 is 1.87 bits per heavy atom. The van der Waals surface area contributed by atoms with Gasteiger partial charge < -0.3 is 28.8 Å². The van der Waals surface area contributed by atoms with Crippen LogP contribution in [0.1, 0.15) is 58.8 Å². The maximum Gasteiger partial charge on any atom is 0.231 e. The van der Waals surface area contributed by atoms with E-state index >= 15 is 0 Å². The molecule has 5 atom stereocenters. The normalized spacial score (nSPS) is 27.2. The summed E-state index contributed by atoms with van der Waals surface area (Å²) in [6, 6.07) is 4.24. The lowest BCUT2D eigenvalue weighted by Gasteiger charge is -2.60. The van der Waals surface area contributed by atoms with Gasteiger partial charge in [0, 0.05) is 47.5 Å². The highest BCUT2D eigenvalue weighted by molar-refractivity contribution is 5.66. The van der Waals surface area contributed by atoms with Crippen LogP contribution < -0.4 is 18.9 Å². The van der Waals surface area contributed by atoms with Crippen LogP contribution in [0, 0.1) is 25.2 Å². The van der Waals surface area contributed by atoms with Gasteiger partial charge in [0.1, 0.15) is 11.8 Å². The number of piperazine rings is 1. The fraction of sp³-hybridized carbons (Fsp3) is 0.552. The fourth-order valence-corrected chi connectivity index (χ4v) is 7.49. The van der Waals surface area contributed by atoms with Crippen molar-refractivity contribution < 1.29 is 28.8 Å². The van der Waals surface area contributed by atoms with Crippen LogP contribution >= 0.6 is 0 Å². The van der Waals surface area contributed by atoms with E-state index in [1.54, 1.807) is 14.2 Å². The lowest BCUT2D eigenvalue weighted by Crippen LogP contribution is -2.68. The third-order valence-corrected chi connectivity index (χ3v) is 8.98. The van der Waals surface area contributed by atoms with Gasteiger partial charge >= 0.3 is 0 Å². The molecule has 2 aromatic rings. The van der Waals surface area contributed by atoms with Gasteiger partial charge in [-0.3, -0.25) is 9.80 Å². The Kier molecular flexibility index (Phi) is 6.10. The van der Waals surface area contributed by atoms with Gasteiger partial charge in [-0.05, 0) is 51.3 Å². The van der Waals surface area contributed by atoms with Gasteiger partial charge in [0.25, 0.3) is 0 Å². The number of aryl methyl sites for hydroxylation is 1. The van der Waals surface area contributed by atoms with Gasteiger partial charge in [0.05, 0.1) is 19.2 Å². The number of benzene rings is 2. The van der Waals surface area contributed by atoms with Gasteiger partial charge in [-0.15, -0.1) is 0 Å². The van der Waals surface area contributed by atoms with Crippen LogP contribution in [0.5, 0.6) is 28.7 Å². The minimum absolute atomic E-state index is 0.00307. The van der Waals surface area contributed by atoms with E-state index in [1.165, 1.54) is 5.56 Å². The molecule has 2 aromatic carbocycles. The number of nitriles is 1. The fourth-order valence-electron chi connectivity index (χ4n) is 7.49. The number of ether oxygens (including phenoxy) is 5. The topological polar surface area (TPSA) is 96.7 Å². The second-order valence-corrected chi connectivity index (χ2v) is 10.7. The minimum atomic E-state index is -0.334. The first kappa shape index (κ1) is 25.1. The van der Waals surface area contributed by atoms with E-state index in [2.05, 4.69) is 35.9 Å². The van der Waals surface area contributed by atoms with Gasteiger partial charge in [0.2, 0.25) is 6.79 Å². The summed E-state index contributed by atoms with van der Waals surface area (Å²) in [6.07, 6.45) is 2.05. The molecule has 1 saturated heterocycles. The van der Waals surface area contributed by atoms with Crippen LogP contribution in [0.25, 0.3) is 0 Å². The van der Waals surface area contributed by atoms with E-state index in [-0.39, 0.29) is 49.5 Å². The third kappa shape index (κ3) is 3.27. The molecule has 0 saturated carbocycles. The van der Waals surface area contributed by atoms with Crippen molar-refractivity contribution in [3.63, 3.8) is 0 Å². The average Bonchev–Trinajstić information content (AvgIpc) is 3.40. The number of hydrogen-bond donors (Lipinski definition) is 1. The molecule has 0 amide bonds. The molecule has 0 aliphatic carbocycles. The van der Waals surface area contributed by atoms with Crippen molar-refractivity contribution in [1.29, 1.82) is 5.26 Å². The zero-order valence-electron chi connectivity index (χ0n) is 22.8. The Balaban J connectivity index is 1.60. The molecule has 4 aliphatic heterocycles. The van der Waals surface area contributed by atoms with E-state index in [9.17, 15) is 10.4 Å². The number of hydrogen-bond acceptors (Lipinski definition) is 9. The molecule has 4 aliphatic rings. The maximum absolute atomic E-state index is 11.4. The monoisotopic (exact) mass is 521 g/mol. The highest BCUT2D eigenvalue weighted by Crippen LogP contribution is 2.58. The van der Waals surface area contributed by atoms with E-state index in [0.29, 0.717) is 35.0 Å². The number of nitrogens with zero attached hydrogens (tertiary/aromatic N) is 3. The zero-order chi connectivity index (χ0) is 26.9. The Morgan fingerprint density at radius 1 is 1.11 bits per heavy atom. The second kappa shape index (κ2) is 9.23. The smallest absolute Gasteiger partial charge is 0.231 e. The summed E-state index contributed by atoms with van der Waals surface area (Å²) < 4.78 is 29.1. The lowest BCUT2D eigenvalue weighted by atomic mass is 9.71.